The Kier molecular flexibility index (Phi) is 2.33. The van der Waals surface area contributed by atoms with Crippen LogP contribution in [-0.4, -0.2) is 9.78 Å². The van der Waals surface area contributed by atoms with E-state index in [-0.39, 0.29) is 0 Å². The summed E-state index contributed by atoms with van der Waals surface area (Å²) in [6.07, 6.45) is 3.69. The Morgan fingerprint density at radius 1 is 1.36 bits per heavy atom. The van der Waals surface area contributed by atoms with Crippen molar-refractivity contribution < 1.29 is 0 Å². The Morgan fingerprint density at radius 3 is 2.86 bits per heavy atom. The molecule has 0 aliphatic rings. The lowest BCUT2D eigenvalue weighted by Gasteiger charge is -2.10. The van der Waals surface area contributed by atoms with Gasteiger partial charge in [0.25, 0.3) is 0 Å². The molecule has 2 aromatic rings. The predicted octanol–water partition coefficient (Wildman–Crippen LogP) is 1.64. The number of hydrogen-bond acceptors (Lipinski definition) is 2. The van der Waals surface area contributed by atoms with Gasteiger partial charge in [-0.3, -0.25) is 0 Å². The number of nitrogens with two attached hydrogens (primary N) is 1. The van der Waals surface area contributed by atoms with E-state index >= 15 is 0 Å². The highest BCUT2D eigenvalue weighted by atomic mass is 15.3. The molecule has 2 rings (SSSR count). The van der Waals surface area contributed by atoms with Crippen molar-refractivity contribution in [2.45, 2.75) is 13.5 Å². The molecule has 0 radical (unpaired) electrons. The Balaban J connectivity index is 2.58. The van der Waals surface area contributed by atoms with Gasteiger partial charge in [0.1, 0.15) is 0 Å². The first-order chi connectivity index (χ1) is 6.83. The molecule has 0 atom stereocenters. The first-order valence-corrected chi connectivity index (χ1v) is 4.61. The van der Waals surface area contributed by atoms with Crippen molar-refractivity contribution in [1.82, 2.24) is 9.78 Å². The smallest absolute Gasteiger partial charge is 0.0693 e. The van der Waals surface area contributed by atoms with Gasteiger partial charge in [-0.1, -0.05) is 12.1 Å². The van der Waals surface area contributed by atoms with Gasteiger partial charge in [-0.25, -0.2) is 4.68 Å². The van der Waals surface area contributed by atoms with Gasteiger partial charge in [-0.2, -0.15) is 5.10 Å². The third-order valence-electron chi connectivity index (χ3n) is 2.34. The molecule has 14 heavy (non-hydrogen) atoms. The molecule has 3 heteroatoms. The highest BCUT2D eigenvalue weighted by Crippen LogP contribution is 2.16. The number of rotatable bonds is 2. The van der Waals surface area contributed by atoms with Crippen molar-refractivity contribution in [3.8, 4) is 5.69 Å². The van der Waals surface area contributed by atoms with Gasteiger partial charge in [0, 0.05) is 18.9 Å². The van der Waals surface area contributed by atoms with Gasteiger partial charge < -0.3 is 5.73 Å². The summed E-state index contributed by atoms with van der Waals surface area (Å²) < 4.78 is 1.84. The van der Waals surface area contributed by atoms with Crippen molar-refractivity contribution in [1.29, 1.82) is 0 Å². The second kappa shape index (κ2) is 3.64. The van der Waals surface area contributed by atoms with Crippen LogP contribution in [0.25, 0.3) is 5.69 Å². The fourth-order valence-corrected chi connectivity index (χ4v) is 1.58. The zero-order valence-electron chi connectivity index (χ0n) is 8.14. The SMILES string of the molecule is Cc1cccc(-n2cccn2)c1CN. The molecule has 0 amide bonds. The maximum Gasteiger partial charge on any atom is 0.0693 e. The highest BCUT2D eigenvalue weighted by molar-refractivity contribution is 5.44. The average Bonchev–Trinajstić information content (AvgIpc) is 2.70. The third kappa shape index (κ3) is 1.42. The third-order valence-corrected chi connectivity index (χ3v) is 2.34. The van der Waals surface area contributed by atoms with E-state index < -0.39 is 0 Å². The number of aryl methyl sites for hydroxylation is 1. The van der Waals surface area contributed by atoms with E-state index in [2.05, 4.69) is 18.1 Å². The van der Waals surface area contributed by atoms with Gasteiger partial charge in [0.2, 0.25) is 0 Å². The van der Waals surface area contributed by atoms with Crippen LogP contribution < -0.4 is 5.73 Å². The zero-order valence-corrected chi connectivity index (χ0v) is 8.14. The van der Waals surface area contributed by atoms with Gasteiger partial charge in [-0.15, -0.1) is 0 Å². The number of hydrogen-bond donors (Lipinski definition) is 1. The molecule has 0 aliphatic heterocycles. The molecule has 0 bridgehead atoms. The Morgan fingerprint density at radius 2 is 2.21 bits per heavy atom. The highest BCUT2D eigenvalue weighted by Gasteiger charge is 2.04. The minimum Gasteiger partial charge on any atom is -0.326 e. The van der Waals surface area contributed by atoms with Crippen molar-refractivity contribution in [3.63, 3.8) is 0 Å². The number of nitrogens with zero attached hydrogens (tertiary/aromatic N) is 2. The van der Waals surface area contributed by atoms with Gasteiger partial charge >= 0.3 is 0 Å². The quantitative estimate of drug-likeness (QED) is 0.776. The summed E-state index contributed by atoms with van der Waals surface area (Å²) in [6, 6.07) is 8.02. The molecular formula is C11H13N3. The van der Waals surface area contributed by atoms with Gasteiger partial charge in [-0.05, 0) is 30.2 Å². The van der Waals surface area contributed by atoms with E-state index in [9.17, 15) is 0 Å². The fourth-order valence-electron chi connectivity index (χ4n) is 1.58. The summed E-state index contributed by atoms with van der Waals surface area (Å²) in [5.74, 6) is 0. The topological polar surface area (TPSA) is 43.8 Å². The van der Waals surface area contributed by atoms with Crippen LogP contribution in [-0.2, 0) is 6.54 Å². The molecule has 0 spiro atoms. The molecule has 0 saturated carbocycles. The lowest BCUT2D eigenvalue weighted by molar-refractivity contribution is 0.855. The van der Waals surface area contributed by atoms with Crippen molar-refractivity contribution in [2.24, 2.45) is 5.73 Å². The van der Waals surface area contributed by atoms with E-state index in [0.717, 1.165) is 11.3 Å². The molecule has 3 nitrogen and oxygen atoms in total. The first kappa shape index (κ1) is 8.97. The molecule has 0 unspecified atom stereocenters. The summed E-state index contributed by atoms with van der Waals surface area (Å²) >= 11 is 0. The monoisotopic (exact) mass is 187 g/mol. The molecule has 0 saturated heterocycles. The van der Waals surface area contributed by atoms with Gasteiger partial charge in [0.15, 0.2) is 0 Å². The summed E-state index contributed by atoms with van der Waals surface area (Å²) in [5, 5.41) is 4.20. The molecule has 1 heterocycles. The van der Waals surface area contributed by atoms with Crippen LogP contribution >= 0.6 is 0 Å². The Hall–Kier alpha value is -1.61. The predicted molar refractivity (Wildman–Crippen MR) is 56.2 cm³/mol. The van der Waals surface area contributed by atoms with Crippen LogP contribution in [0.15, 0.2) is 36.7 Å². The van der Waals surface area contributed by atoms with Gasteiger partial charge in [0.05, 0.1) is 5.69 Å². The second-order valence-electron chi connectivity index (χ2n) is 3.23. The fraction of sp³-hybridized carbons (Fsp3) is 0.182. The van der Waals surface area contributed by atoms with Crippen LogP contribution in [0, 0.1) is 6.92 Å². The molecule has 0 aliphatic carbocycles. The Bertz CT molecular complexity index is 418. The van der Waals surface area contributed by atoms with Crippen molar-refractivity contribution in [3.05, 3.63) is 47.8 Å². The van der Waals surface area contributed by atoms with Crippen LogP contribution in [0.4, 0.5) is 0 Å². The summed E-state index contributed by atoms with van der Waals surface area (Å²) in [7, 11) is 0. The lowest BCUT2D eigenvalue weighted by Crippen LogP contribution is -2.06. The minimum absolute atomic E-state index is 0.544. The molecular weight excluding hydrogens is 174 g/mol. The standard InChI is InChI=1S/C11H13N3/c1-9-4-2-5-11(10(9)8-12)14-7-3-6-13-14/h2-7H,8,12H2,1H3. The van der Waals surface area contributed by atoms with E-state index in [4.69, 9.17) is 5.73 Å². The zero-order chi connectivity index (χ0) is 9.97. The molecule has 0 fully saturated rings. The summed E-state index contributed by atoms with van der Waals surface area (Å²) in [4.78, 5) is 0. The number of aromatic nitrogens is 2. The van der Waals surface area contributed by atoms with Crippen LogP contribution in [0.2, 0.25) is 0 Å². The lowest BCUT2D eigenvalue weighted by atomic mass is 10.1. The minimum atomic E-state index is 0.544. The molecule has 1 aromatic heterocycles. The van der Waals surface area contributed by atoms with E-state index in [0.29, 0.717) is 6.54 Å². The second-order valence-corrected chi connectivity index (χ2v) is 3.23. The molecule has 72 valence electrons. The average molecular weight is 187 g/mol. The van der Waals surface area contributed by atoms with Crippen LogP contribution in [0.3, 0.4) is 0 Å². The molecule has 1 aromatic carbocycles. The van der Waals surface area contributed by atoms with E-state index in [1.165, 1.54) is 5.56 Å². The van der Waals surface area contributed by atoms with Crippen LogP contribution in [0.5, 0.6) is 0 Å². The van der Waals surface area contributed by atoms with Crippen molar-refractivity contribution in [2.75, 3.05) is 0 Å². The van der Waals surface area contributed by atoms with E-state index in [1.807, 2.05) is 29.1 Å². The first-order valence-electron chi connectivity index (χ1n) is 4.61. The van der Waals surface area contributed by atoms with E-state index in [1.54, 1.807) is 6.20 Å². The Labute approximate surface area is 83.2 Å². The summed E-state index contributed by atoms with van der Waals surface area (Å²) in [6.45, 7) is 2.61. The maximum atomic E-state index is 5.72. The summed E-state index contributed by atoms with van der Waals surface area (Å²) in [5.41, 5.74) is 9.14. The maximum absolute atomic E-state index is 5.72. The van der Waals surface area contributed by atoms with Crippen molar-refractivity contribution >= 4 is 0 Å². The largest absolute Gasteiger partial charge is 0.326 e. The number of benzene rings is 1. The van der Waals surface area contributed by atoms with Crippen LogP contribution in [0.1, 0.15) is 11.1 Å². The normalized spacial score (nSPS) is 10.4. The molecule has 2 N–H and O–H groups in total.